The van der Waals surface area contributed by atoms with Gasteiger partial charge in [0.05, 0.1) is 6.04 Å². The number of aromatic nitrogens is 4. The molecule has 0 bridgehead atoms. The maximum absolute atomic E-state index is 6.04. The van der Waals surface area contributed by atoms with Crippen molar-refractivity contribution in [2.24, 2.45) is 22.4 Å². The minimum Gasteiger partial charge on any atom is -0.316 e. The van der Waals surface area contributed by atoms with Gasteiger partial charge in [0.15, 0.2) is 5.82 Å². The predicted molar refractivity (Wildman–Crippen MR) is 115 cm³/mol. The summed E-state index contributed by atoms with van der Waals surface area (Å²) in [6.07, 6.45) is 3.06. The van der Waals surface area contributed by atoms with Gasteiger partial charge in [0.1, 0.15) is 24.5 Å². The van der Waals surface area contributed by atoms with E-state index in [1.54, 1.807) is 4.80 Å². The molecule has 0 aliphatic carbocycles. The van der Waals surface area contributed by atoms with Gasteiger partial charge in [-0.15, -0.1) is 15.2 Å². The van der Waals surface area contributed by atoms with E-state index < -0.39 is 0 Å². The lowest BCUT2D eigenvalue weighted by atomic mass is 9.97. The molecule has 0 aromatic carbocycles. The first-order valence-electron chi connectivity index (χ1n) is 11.0. The Balaban J connectivity index is 1.50. The monoisotopic (exact) mass is 419 g/mol. The summed E-state index contributed by atoms with van der Waals surface area (Å²) in [4.78, 5) is 3.28. The van der Waals surface area contributed by atoms with Gasteiger partial charge in [0.2, 0.25) is 0 Å². The van der Waals surface area contributed by atoms with Gasteiger partial charge in [-0.2, -0.15) is 4.80 Å². The van der Waals surface area contributed by atoms with E-state index in [0.29, 0.717) is 24.4 Å². The van der Waals surface area contributed by atoms with Crippen molar-refractivity contribution in [2.45, 2.75) is 65.0 Å². The number of hydrazine groups is 1. The van der Waals surface area contributed by atoms with Crippen LogP contribution in [0.2, 0.25) is 0 Å². The van der Waals surface area contributed by atoms with Gasteiger partial charge < -0.3 is 10.6 Å². The summed E-state index contributed by atoms with van der Waals surface area (Å²) < 4.78 is 0. The molecular weight excluding hydrogens is 380 g/mol. The second-order valence-corrected chi connectivity index (χ2v) is 10.0. The van der Waals surface area contributed by atoms with Crippen molar-refractivity contribution in [1.29, 1.82) is 0 Å². The lowest BCUT2D eigenvalue weighted by Gasteiger charge is -2.18. The smallest absolute Gasteiger partial charge is 0.179 e. The lowest BCUT2D eigenvalue weighted by Crippen LogP contribution is -2.32. The van der Waals surface area contributed by atoms with Crippen LogP contribution in [0.15, 0.2) is 17.5 Å². The molecule has 2 aliphatic rings. The fraction of sp³-hybridized carbons (Fsp3) is 0.850. The molecule has 0 amide bonds. The van der Waals surface area contributed by atoms with Crippen molar-refractivity contribution in [3.63, 3.8) is 0 Å². The van der Waals surface area contributed by atoms with Crippen molar-refractivity contribution < 1.29 is 4.81 Å². The summed E-state index contributed by atoms with van der Waals surface area (Å²) in [6, 6.07) is 0.583. The van der Waals surface area contributed by atoms with Crippen molar-refractivity contribution >= 4 is 0 Å². The highest BCUT2D eigenvalue weighted by Gasteiger charge is 2.32. The van der Waals surface area contributed by atoms with E-state index in [1.807, 2.05) is 12.1 Å². The zero-order valence-corrected chi connectivity index (χ0v) is 19.2. The zero-order valence-electron chi connectivity index (χ0n) is 19.2. The largest absolute Gasteiger partial charge is 0.316 e. The lowest BCUT2D eigenvalue weighted by molar-refractivity contribution is -0.627. The quantitative estimate of drug-likeness (QED) is 0.253. The molecule has 0 radical (unpaired) electrons. The van der Waals surface area contributed by atoms with Crippen LogP contribution in [0, 0.1) is 11.3 Å². The molecule has 3 rings (SSSR count). The molecule has 10 heteroatoms. The molecule has 3 heterocycles. The van der Waals surface area contributed by atoms with Crippen LogP contribution in [0.3, 0.4) is 0 Å². The van der Waals surface area contributed by atoms with Crippen LogP contribution in [-0.4, -0.2) is 69.3 Å². The first kappa shape index (κ1) is 22.6. The third-order valence-electron chi connectivity index (χ3n) is 5.88. The highest BCUT2D eigenvalue weighted by molar-refractivity contribution is 5.04. The Bertz CT molecular complexity index is 743. The highest BCUT2D eigenvalue weighted by Crippen LogP contribution is 2.27. The molecule has 168 valence electrons. The van der Waals surface area contributed by atoms with Gasteiger partial charge in [0, 0.05) is 36.4 Å². The summed E-state index contributed by atoms with van der Waals surface area (Å²) in [5.74, 6) is 7.63. The SMILES string of the molecule is C=C(C1CNC(CC(C)n2nnc(C3CCNC3)n2)C1)N(C)N=[N+](N)CC(C)(C)C. The fourth-order valence-electron chi connectivity index (χ4n) is 4.23. The van der Waals surface area contributed by atoms with Gasteiger partial charge in [-0.1, -0.05) is 32.2 Å². The number of hydrogen-bond acceptors (Lipinski definition) is 6. The third-order valence-corrected chi connectivity index (χ3v) is 5.88. The van der Waals surface area contributed by atoms with E-state index in [9.17, 15) is 0 Å². The van der Waals surface area contributed by atoms with E-state index in [0.717, 1.165) is 50.4 Å². The van der Waals surface area contributed by atoms with Crippen molar-refractivity contribution in [3.8, 4) is 0 Å². The number of nitrogens with zero attached hydrogens (tertiary/aromatic N) is 7. The van der Waals surface area contributed by atoms with Crippen LogP contribution >= 0.6 is 0 Å². The maximum Gasteiger partial charge on any atom is 0.179 e. The average Bonchev–Trinajstić information content (AvgIpc) is 3.39. The topological polar surface area (TPSA) is 112 Å². The minimum absolute atomic E-state index is 0.0834. The number of nitrogens with two attached hydrogens (primary N) is 1. The first-order chi connectivity index (χ1) is 14.1. The Hall–Kier alpha value is -2.07. The van der Waals surface area contributed by atoms with E-state index in [-0.39, 0.29) is 11.5 Å². The Morgan fingerprint density at radius 1 is 1.43 bits per heavy atom. The normalized spacial score (nSPS) is 26.2. The van der Waals surface area contributed by atoms with Crippen LogP contribution in [0.5, 0.6) is 0 Å². The highest BCUT2D eigenvalue weighted by atomic mass is 15.7. The van der Waals surface area contributed by atoms with Gasteiger partial charge in [-0.25, -0.2) is 0 Å². The van der Waals surface area contributed by atoms with Crippen LogP contribution in [-0.2, 0) is 0 Å². The van der Waals surface area contributed by atoms with Gasteiger partial charge in [0.25, 0.3) is 0 Å². The number of rotatable bonds is 8. The van der Waals surface area contributed by atoms with Gasteiger partial charge >= 0.3 is 0 Å². The summed E-state index contributed by atoms with van der Waals surface area (Å²) in [7, 11) is 1.92. The van der Waals surface area contributed by atoms with Gasteiger partial charge in [-0.05, 0) is 37.9 Å². The Morgan fingerprint density at radius 2 is 2.20 bits per heavy atom. The van der Waals surface area contributed by atoms with Gasteiger partial charge in [-0.3, -0.25) is 5.84 Å². The van der Waals surface area contributed by atoms with Crippen molar-refractivity contribution in [3.05, 3.63) is 18.1 Å². The molecule has 0 saturated carbocycles. The Morgan fingerprint density at radius 3 is 2.87 bits per heavy atom. The Labute approximate surface area is 179 Å². The molecule has 1 aromatic rings. The number of tetrazole rings is 1. The molecule has 2 fully saturated rings. The molecule has 2 aliphatic heterocycles. The molecule has 10 nitrogen and oxygen atoms in total. The van der Waals surface area contributed by atoms with Crippen molar-refractivity contribution in [1.82, 2.24) is 35.8 Å². The maximum atomic E-state index is 6.04. The summed E-state index contributed by atoms with van der Waals surface area (Å²) in [5.41, 5.74) is 1.07. The number of nitrogens with one attached hydrogen (secondary N) is 2. The van der Waals surface area contributed by atoms with E-state index in [4.69, 9.17) is 5.84 Å². The average molecular weight is 420 g/mol. The second kappa shape index (κ2) is 9.38. The van der Waals surface area contributed by atoms with Crippen molar-refractivity contribution in [2.75, 3.05) is 33.2 Å². The van der Waals surface area contributed by atoms with E-state index in [1.165, 1.54) is 4.81 Å². The molecule has 4 atom stereocenters. The minimum atomic E-state index is 0.0834. The standard InChI is InChI=1S/C20H39N10/c1-14(30-25-19(24-26-30)16-7-8-22-11-16)9-18-10-17(12-23-18)15(2)28(6)27-29(21)13-20(3,4)5/h14,16-18,22-23H,2,7-13H2,1,3-6H3,(H2,21,27)/q+1. The molecule has 4 unspecified atom stereocenters. The second-order valence-electron chi connectivity index (χ2n) is 10.0. The molecule has 0 spiro atoms. The van der Waals surface area contributed by atoms with Crippen LogP contribution in [0.25, 0.3) is 0 Å². The molecular formula is C20H39N10+. The summed E-state index contributed by atoms with van der Waals surface area (Å²) in [6.45, 7) is 16.4. The molecule has 4 N–H and O–H groups in total. The van der Waals surface area contributed by atoms with E-state index >= 15 is 0 Å². The fourth-order valence-corrected chi connectivity index (χ4v) is 4.23. The molecule has 2 saturated heterocycles. The Kier molecular flexibility index (Phi) is 7.07. The predicted octanol–water partition coefficient (Wildman–Crippen LogP) is 1.42. The van der Waals surface area contributed by atoms with E-state index in [2.05, 4.69) is 65.5 Å². The van der Waals surface area contributed by atoms with Crippen LogP contribution in [0.4, 0.5) is 0 Å². The first-order valence-corrected chi connectivity index (χ1v) is 11.0. The zero-order chi connectivity index (χ0) is 21.9. The third kappa shape index (κ3) is 5.98. The summed E-state index contributed by atoms with van der Waals surface area (Å²) in [5, 5.41) is 26.5. The number of hydrogen-bond donors (Lipinski definition) is 3. The summed E-state index contributed by atoms with van der Waals surface area (Å²) >= 11 is 0. The molecule has 1 aromatic heterocycles. The van der Waals surface area contributed by atoms with Crippen LogP contribution < -0.4 is 16.5 Å². The molecule has 30 heavy (non-hydrogen) atoms. The van der Waals surface area contributed by atoms with Crippen LogP contribution in [0.1, 0.15) is 64.7 Å².